The van der Waals surface area contributed by atoms with Gasteiger partial charge in [-0.05, 0) is 0 Å². The average Bonchev–Trinajstić information content (AvgIpc) is 2.61. The molecular weight excluding hydrogens is 211 g/mol. The van der Waals surface area contributed by atoms with Crippen LogP contribution in [0.25, 0.3) is 0 Å². The number of aliphatic hydroxyl groups is 4. The lowest BCUT2D eigenvalue weighted by Gasteiger charge is -2.24. The number of aliphatic hydroxyl groups excluding tert-OH is 4. The highest BCUT2D eigenvalue weighted by atomic mass is 27.2. The topological polar surface area (TPSA) is 116 Å². The van der Waals surface area contributed by atoms with Crippen LogP contribution >= 0.6 is 0 Å². The van der Waals surface area contributed by atoms with Gasteiger partial charge in [0.1, 0.15) is 18.3 Å². The summed E-state index contributed by atoms with van der Waals surface area (Å²) < 4.78 is 9.21. The molecule has 1 aliphatic heterocycles. The van der Waals surface area contributed by atoms with Crippen LogP contribution in [0.2, 0.25) is 0 Å². The molecule has 0 amide bonds. The lowest BCUT2D eigenvalue weighted by molar-refractivity contribution is -0.149. The largest absolute Gasteiger partial charge is 0.777 e. The van der Waals surface area contributed by atoms with Gasteiger partial charge in [-0.25, -0.2) is 0 Å². The summed E-state index contributed by atoms with van der Waals surface area (Å²) in [6, 6.07) is 0. The summed E-state index contributed by atoms with van der Waals surface area (Å²) in [6.07, 6.45) is -6.03. The minimum absolute atomic E-state index is 0.715. The van der Waals surface area contributed by atoms with Crippen molar-refractivity contribution in [3.63, 3.8) is 0 Å². The maximum absolute atomic E-state index is 10.9. The second-order valence-electron chi connectivity index (χ2n) is 2.82. The molecule has 1 fully saturated rings. The molecular formula is C6H10AlO7. The molecule has 0 spiro atoms. The molecule has 4 atom stereocenters. The van der Waals surface area contributed by atoms with Crippen molar-refractivity contribution >= 4 is 21.9 Å². The SMILES string of the molecule is O=C1[O][Al][O]C1C(O)C(O)C(O)CO. The summed E-state index contributed by atoms with van der Waals surface area (Å²) in [4.78, 5) is 10.9. The van der Waals surface area contributed by atoms with E-state index in [0.717, 1.165) is 0 Å². The standard InChI is InChI=1S/C6H11O7.Al/c7-1-2(8)3(9)4(10)5(11)6(12)13;/h2-5,7-10H,1H2,(H,12,13);/q-1;+2/p-1. The molecule has 1 rings (SSSR count). The molecule has 8 heteroatoms. The van der Waals surface area contributed by atoms with Crippen LogP contribution in [0.3, 0.4) is 0 Å². The summed E-state index contributed by atoms with van der Waals surface area (Å²) in [5.74, 6) is -0.767. The van der Waals surface area contributed by atoms with E-state index in [1.807, 2.05) is 0 Å². The Kier molecular flexibility index (Phi) is 4.28. The lowest BCUT2D eigenvalue weighted by atomic mass is 10.0. The van der Waals surface area contributed by atoms with Crippen LogP contribution in [0.4, 0.5) is 0 Å². The highest BCUT2D eigenvalue weighted by Crippen LogP contribution is 2.13. The molecule has 79 valence electrons. The van der Waals surface area contributed by atoms with Crippen molar-refractivity contribution in [1.29, 1.82) is 0 Å². The highest BCUT2D eigenvalue weighted by molar-refractivity contribution is 6.26. The van der Waals surface area contributed by atoms with E-state index < -0.39 is 52.9 Å². The van der Waals surface area contributed by atoms with E-state index in [4.69, 9.17) is 14.0 Å². The molecule has 4 N–H and O–H groups in total. The zero-order chi connectivity index (χ0) is 10.7. The summed E-state index contributed by atoms with van der Waals surface area (Å²) in [6.45, 7) is -0.715. The van der Waals surface area contributed by atoms with Crippen LogP contribution in [-0.4, -0.2) is 73.3 Å². The van der Waals surface area contributed by atoms with Crippen LogP contribution in [0.5, 0.6) is 0 Å². The molecule has 14 heavy (non-hydrogen) atoms. The van der Waals surface area contributed by atoms with Gasteiger partial charge in [0.05, 0.1) is 6.61 Å². The Morgan fingerprint density at radius 3 is 2.50 bits per heavy atom. The van der Waals surface area contributed by atoms with E-state index in [1.54, 1.807) is 0 Å². The van der Waals surface area contributed by atoms with Gasteiger partial charge in [0.15, 0.2) is 6.10 Å². The van der Waals surface area contributed by atoms with E-state index in [1.165, 1.54) is 0 Å². The minimum Gasteiger partial charge on any atom is -0.598 e. The molecule has 0 aromatic rings. The first-order chi connectivity index (χ1) is 6.57. The Balaban J connectivity index is 2.55. The Hall–Kier alpha value is -0.198. The van der Waals surface area contributed by atoms with Crippen molar-refractivity contribution < 1.29 is 32.8 Å². The highest BCUT2D eigenvalue weighted by Gasteiger charge is 2.41. The number of hydrogen-bond donors (Lipinski definition) is 4. The van der Waals surface area contributed by atoms with Gasteiger partial charge >= 0.3 is 21.9 Å². The van der Waals surface area contributed by atoms with E-state index in [-0.39, 0.29) is 0 Å². The van der Waals surface area contributed by atoms with E-state index in [0.29, 0.717) is 0 Å². The van der Waals surface area contributed by atoms with Crippen molar-refractivity contribution in [3.8, 4) is 0 Å². The molecule has 0 aromatic carbocycles. The maximum Gasteiger partial charge on any atom is 0.777 e. The summed E-state index contributed by atoms with van der Waals surface area (Å²) in [5, 5.41) is 36.1. The first-order valence-electron chi connectivity index (χ1n) is 3.90. The zero-order valence-corrected chi connectivity index (χ0v) is 8.26. The molecule has 0 aliphatic carbocycles. The molecule has 1 saturated heterocycles. The first-order valence-corrected chi connectivity index (χ1v) is 4.85. The second kappa shape index (κ2) is 5.04. The molecule has 4 unspecified atom stereocenters. The smallest absolute Gasteiger partial charge is 0.598 e. The Labute approximate surface area is 86.3 Å². The third kappa shape index (κ3) is 2.43. The third-order valence-electron chi connectivity index (χ3n) is 1.84. The van der Waals surface area contributed by atoms with Gasteiger partial charge in [-0.2, -0.15) is 0 Å². The molecule has 0 bridgehead atoms. The van der Waals surface area contributed by atoms with Gasteiger partial charge in [0, 0.05) is 0 Å². The van der Waals surface area contributed by atoms with E-state index in [9.17, 15) is 15.0 Å². The average molecular weight is 221 g/mol. The predicted molar refractivity (Wildman–Crippen MR) is 41.8 cm³/mol. The zero-order valence-electron chi connectivity index (χ0n) is 7.11. The van der Waals surface area contributed by atoms with Gasteiger partial charge in [-0.15, -0.1) is 0 Å². The summed E-state index contributed by atoms with van der Waals surface area (Å²) in [5.41, 5.74) is 0. The van der Waals surface area contributed by atoms with Crippen LogP contribution in [0.15, 0.2) is 0 Å². The van der Waals surface area contributed by atoms with Gasteiger partial charge in [0.2, 0.25) is 0 Å². The van der Waals surface area contributed by atoms with Gasteiger partial charge in [-0.3, -0.25) is 4.79 Å². The van der Waals surface area contributed by atoms with Crippen molar-refractivity contribution in [2.45, 2.75) is 24.4 Å². The molecule has 1 heterocycles. The van der Waals surface area contributed by atoms with Crippen molar-refractivity contribution in [1.82, 2.24) is 0 Å². The van der Waals surface area contributed by atoms with Crippen LogP contribution in [0, 0.1) is 0 Å². The second-order valence-corrected chi connectivity index (χ2v) is 3.52. The molecule has 1 aliphatic rings. The van der Waals surface area contributed by atoms with Gasteiger partial charge in [0.25, 0.3) is 0 Å². The Morgan fingerprint density at radius 2 is 2.07 bits per heavy atom. The molecule has 0 saturated carbocycles. The molecule has 0 aromatic heterocycles. The Bertz CT molecular complexity index is 210. The van der Waals surface area contributed by atoms with Crippen molar-refractivity contribution in [2.75, 3.05) is 6.61 Å². The number of hydrogen-bond acceptors (Lipinski definition) is 7. The normalized spacial score (nSPS) is 27.7. The van der Waals surface area contributed by atoms with Crippen LogP contribution < -0.4 is 0 Å². The third-order valence-corrected chi connectivity index (χ3v) is 2.57. The van der Waals surface area contributed by atoms with Crippen LogP contribution in [-0.2, 0) is 12.4 Å². The summed E-state index contributed by atoms with van der Waals surface area (Å²) >= 11 is -0.969. The number of carbonyl (C=O) groups excluding carboxylic acids is 1. The van der Waals surface area contributed by atoms with Crippen LogP contribution in [0.1, 0.15) is 0 Å². The fourth-order valence-electron chi connectivity index (χ4n) is 0.992. The first kappa shape index (κ1) is 11.9. The van der Waals surface area contributed by atoms with E-state index in [2.05, 4.69) is 3.79 Å². The minimum atomic E-state index is -1.64. The fourth-order valence-corrected chi connectivity index (χ4v) is 1.67. The molecule has 7 nitrogen and oxygen atoms in total. The Morgan fingerprint density at radius 1 is 1.43 bits per heavy atom. The maximum atomic E-state index is 10.9. The fraction of sp³-hybridized carbons (Fsp3) is 0.833. The monoisotopic (exact) mass is 221 g/mol. The number of carbonyl (C=O) groups is 1. The predicted octanol–water partition coefficient (Wildman–Crippen LogP) is -3.46. The van der Waals surface area contributed by atoms with Gasteiger partial charge in [-0.1, -0.05) is 0 Å². The lowest BCUT2D eigenvalue weighted by Crippen LogP contribution is -2.47. The number of rotatable bonds is 4. The van der Waals surface area contributed by atoms with Gasteiger partial charge < -0.3 is 28.0 Å². The van der Waals surface area contributed by atoms with Crippen molar-refractivity contribution in [2.24, 2.45) is 0 Å². The molecule has 1 radical (unpaired) electrons. The summed E-state index contributed by atoms with van der Waals surface area (Å²) in [7, 11) is 0. The van der Waals surface area contributed by atoms with E-state index >= 15 is 0 Å². The van der Waals surface area contributed by atoms with Crippen molar-refractivity contribution in [3.05, 3.63) is 0 Å². The quantitative estimate of drug-likeness (QED) is 0.364.